The molecule has 0 aromatic heterocycles. The van der Waals surface area contributed by atoms with Crippen molar-refractivity contribution in [3.8, 4) is 0 Å². The highest BCUT2D eigenvalue weighted by atomic mass is 16.3. The van der Waals surface area contributed by atoms with Gasteiger partial charge < -0.3 is 5.11 Å². The SMILES string of the molecule is C=CC[C@]1(O)CC[C@@H]2[C@H]3CCC4=CC(=O)CC[C@@]4(C)[C@@H]3CC[C@@]21C. The van der Waals surface area contributed by atoms with E-state index in [1.54, 1.807) is 0 Å². The molecule has 0 aliphatic heterocycles. The summed E-state index contributed by atoms with van der Waals surface area (Å²) in [6.07, 6.45) is 13.1. The summed E-state index contributed by atoms with van der Waals surface area (Å²) in [7, 11) is 0. The fraction of sp³-hybridized carbons (Fsp3) is 0.773. The monoisotopic (exact) mass is 328 g/mol. The predicted octanol–water partition coefficient (Wildman–Crippen LogP) is 4.83. The summed E-state index contributed by atoms with van der Waals surface area (Å²) >= 11 is 0. The van der Waals surface area contributed by atoms with Crippen LogP contribution in [0.1, 0.15) is 71.6 Å². The molecule has 0 heterocycles. The van der Waals surface area contributed by atoms with E-state index < -0.39 is 5.60 Å². The van der Waals surface area contributed by atoms with Crippen LogP contribution < -0.4 is 0 Å². The van der Waals surface area contributed by atoms with Crippen molar-refractivity contribution in [1.82, 2.24) is 0 Å². The number of hydrogen-bond acceptors (Lipinski definition) is 2. The predicted molar refractivity (Wildman–Crippen MR) is 96.5 cm³/mol. The summed E-state index contributed by atoms with van der Waals surface area (Å²) < 4.78 is 0. The van der Waals surface area contributed by atoms with Crippen molar-refractivity contribution < 1.29 is 9.90 Å². The molecule has 4 aliphatic carbocycles. The topological polar surface area (TPSA) is 37.3 Å². The van der Waals surface area contributed by atoms with Gasteiger partial charge in [0.15, 0.2) is 5.78 Å². The van der Waals surface area contributed by atoms with Gasteiger partial charge in [-0.3, -0.25) is 4.79 Å². The lowest BCUT2D eigenvalue weighted by Gasteiger charge is -2.59. The number of rotatable bonds is 2. The molecular weight excluding hydrogens is 296 g/mol. The molecule has 0 saturated heterocycles. The molecule has 0 bridgehead atoms. The maximum Gasteiger partial charge on any atom is 0.155 e. The highest BCUT2D eigenvalue weighted by Gasteiger charge is 2.63. The Balaban J connectivity index is 1.67. The summed E-state index contributed by atoms with van der Waals surface area (Å²) in [5, 5.41) is 11.3. The van der Waals surface area contributed by atoms with Crippen LogP contribution in [0.4, 0.5) is 0 Å². The Labute approximate surface area is 146 Å². The zero-order chi connectivity index (χ0) is 17.2. The highest BCUT2D eigenvalue weighted by Crippen LogP contribution is 2.68. The Morgan fingerprint density at radius 1 is 1.17 bits per heavy atom. The summed E-state index contributed by atoms with van der Waals surface area (Å²) in [6, 6.07) is 0. The van der Waals surface area contributed by atoms with E-state index in [-0.39, 0.29) is 10.8 Å². The molecule has 0 radical (unpaired) electrons. The number of aliphatic hydroxyl groups is 1. The van der Waals surface area contributed by atoms with Gasteiger partial charge in [0.2, 0.25) is 0 Å². The smallest absolute Gasteiger partial charge is 0.155 e. The van der Waals surface area contributed by atoms with Crippen molar-refractivity contribution >= 4 is 5.78 Å². The summed E-state index contributed by atoms with van der Waals surface area (Å²) in [6.45, 7) is 8.67. The molecule has 0 amide bonds. The minimum absolute atomic E-state index is 0.0461. The zero-order valence-corrected chi connectivity index (χ0v) is 15.3. The minimum Gasteiger partial charge on any atom is -0.389 e. The van der Waals surface area contributed by atoms with E-state index in [1.165, 1.54) is 18.4 Å². The third kappa shape index (κ3) is 2.01. The second kappa shape index (κ2) is 5.30. The van der Waals surface area contributed by atoms with E-state index in [1.807, 2.05) is 12.2 Å². The third-order valence-electron chi connectivity index (χ3n) is 8.77. The lowest BCUT2D eigenvalue weighted by atomic mass is 9.46. The summed E-state index contributed by atoms with van der Waals surface area (Å²) in [4.78, 5) is 11.9. The van der Waals surface area contributed by atoms with Gasteiger partial charge in [0.25, 0.3) is 0 Å². The van der Waals surface area contributed by atoms with Crippen molar-refractivity contribution in [3.05, 3.63) is 24.3 Å². The van der Waals surface area contributed by atoms with Crippen LogP contribution in [0.5, 0.6) is 0 Å². The van der Waals surface area contributed by atoms with E-state index in [2.05, 4.69) is 20.4 Å². The van der Waals surface area contributed by atoms with Gasteiger partial charge in [-0.1, -0.05) is 25.5 Å². The van der Waals surface area contributed by atoms with Crippen LogP contribution in [0.2, 0.25) is 0 Å². The van der Waals surface area contributed by atoms with Crippen LogP contribution in [0.3, 0.4) is 0 Å². The van der Waals surface area contributed by atoms with Gasteiger partial charge in [-0.05, 0) is 86.0 Å². The second-order valence-corrected chi connectivity index (χ2v) is 9.49. The highest BCUT2D eigenvalue weighted by molar-refractivity contribution is 5.91. The van der Waals surface area contributed by atoms with Gasteiger partial charge in [0.1, 0.15) is 0 Å². The molecule has 3 saturated carbocycles. The van der Waals surface area contributed by atoms with Crippen LogP contribution in [-0.2, 0) is 4.79 Å². The molecule has 6 atom stereocenters. The van der Waals surface area contributed by atoms with Crippen LogP contribution in [0, 0.1) is 28.6 Å². The number of carbonyl (C=O) groups excluding carboxylic acids is 1. The van der Waals surface area contributed by atoms with Crippen LogP contribution in [0.15, 0.2) is 24.3 Å². The first-order valence-corrected chi connectivity index (χ1v) is 9.91. The molecule has 2 nitrogen and oxygen atoms in total. The Hall–Kier alpha value is -0.890. The quantitative estimate of drug-likeness (QED) is 0.738. The fourth-order valence-corrected chi connectivity index (χ4v) is 7.24. The first kappa shape index (κ1) is 16.6. The fourth-order valence-electron chi connectivity index (χ4n) is 7.24. The molecule has 132 valence electrons. The molecule has 1 N–H and O–H groups in total. The third-order valence-corrected chi connectivity index (χ3v) is 8.77. The Morgan fingerprint density at radius 2 is 1.92 bits per heavy atom. The minimum atomic E-state index is -0.552. The molecule has 2 heteroatoms. The Bertz CT molecular complexity index is 605. The number of allylic oxidation sites excluding steroid dienone is 1. The number of fused-ring (bicyclic) bond motifs is 5. The molecule has 0 spiro atoms. The van der Waals surface area contributed by atoms with Crippen molar-refractivity contribution in [1.29, 1.82) is 0 Å². The van der Waals surface area contributed by atoms with E-state index in [0.29, 0.717) is 17.6 Å². The van der Waals surface area contributed by atoms with Crippen molar-refractivity contribution in [2.75, 3.05) is 0 Å². The number of ketones is 1. The lowest BCUT2D eigenvalue weighted by Crippen LogP contribution is -2.54. The average molecular weight is 328 g/mol. The molecule has 0 aromatic carbocycles. The van der Waals surface area contributed by atoms with E-state index in [4.69, 9.17) is 0 Å². The normalized spacial score (nSPS) is 50.5. The number of carbonyl (C=O) groups is 1. The maximum absolute atomic E-state index is 11.9. The molecule has 3 fully saturated rings. The van der Waals surface area contributed by atoms with Crippen molar-refractivity contribution in [3.63, 3.8) is 0 Å². The van der Waals surface area contributed by atoms with Gasteiger partial charge in [0.05, 0.1) is 5.60 Å². The second-order valence-electron chi connectivity index (χ2n) is 9.49. The maximum atomic E-state index is 11.9. The van der Waals surface area contributed by atoms with Gasteiger partial charge >= 0.3 is 0 Å². The molecule has 0 aromatic rings. The lowest BCUT2D eigenvalue weighted by molar-refractivity contribution is -0.128. The molecule has 24 heavy (non-hydrogen) atoms. The van der Waals surface area contributed by atoms with Crippen LogP contribution in [0.25, 0.3) is 0 Å². The Morgan fingerprint density at radius 3 is 2.67 bits per heavy atom. The average Bonchev–Trinajstić information content (AvgIpc) is 2.80. The molecular formula is C22H32O2. The van der Waals surface area contributed by atoms with E-state index in [9.17, 15) is 9.90 Å². The van der Waals surface area contributed by atoms with Crippen LogP contribution in [-0.4, -0.2) is 16.5 Å². The van der Waals surface area contributed by atoms with Gasteiger partial charge in [-0.25, -0.2) is 0 Å². The molecule has 4 rings (SSSR count). The largest absolute Gasteiger partial charge is 0.389 e. The first-order chi connectivity index (χ1) is 11.3. The van der Waals surface area contributed by atoms with E-state index in [0.717, 1.165) is 50.9 Å². The van der Waals surface area contributed by atoms with Gasteiger partial charge in [0, 0.05) is 6.42 Å². The standard InChI is InChI=1S/C22H32O2/c1-4-10-22(24)13-9-19-17-6-5-15-14-16(23)7-11-20(15,2)18(17)8-12-21(19,22)3/h4,14,17-19,24H,1,5-13H2,2-3H3/t17-,18+,19+,20+,21-,22-/m0/s1. The zero-order valence-electron chi connectivity index (χ0n) is 15.3. The Kier molecular flexibility index (Phi) is 3.66. The van der Waals surface area contributed by atoms with Crippen LogP contribution >= 0.6 is 0 Å². The first-order valence-electron chi connectivity index (χ1n) is 9.91. The van der Waals surface area contributed by atoms with Crippen molar-refractivity contribution in [2.45, 2.75) is 77.2 Å². The van der Waals surface area contributed by atoms with Crippen molar-refractivity contribution in [2.24, 2.45) is 28.6 Å². The summed E-state index contributed by atoms with van der Waals surface area (Å²) in [5.41, 5.74) is 1.16. The molecule has 4 aliphatic rings. The van der Waals surface area contributed by atoms with E-state index >= 15 is 0 Å². The van der Waals surface area contributed by atoms with Gasteiger partial charge in [-0.2, -0.15) is 0 Å². The van der Waals surface area contributed by atoms with Gasteiger partial charge in [-0.15, -0.1) is 6.58 Å². The molecule has 0 unspecified atom stereocenters. The number of hydrogen-bond donors (Lipinski definition) is 1. The summed E-state index contributed by atoms with van der Waals surface area (Å²) in [5.74, 6) is 2.40.